The Morgan fingerprint density at radius 3 is 0.939 bits per heavy atom. The second-order valence-corrected chi connectivity index (χ2v) is 10.5. The molecule has 0 bridgehead atoms. The van der Waals surface area contributed by atoms with Crippen LogP contribution in [0.5, 0.6) is 17.2 Å². The first-order valence-corrected chi connectivity index (χ1v) is 15.2. The highest BCUT2D eigenvalue weighted by Crippen LogP contribution is 2.34. The molecule has 0 spiro atoms. The number of aliphatic hydroxyl groups excluding tert-OH is 3. The largest absolute Gasteiger partial charge is 0.491 e. The lowest BCUT2D eigenvalue weighted by Crippen LogP contribution is -2.24. The van der Waals surface area contributed by atoms with Gasteiger partial charge in [-0.25, -0.2) is 14.4 Å². The number of hydrogen-bond acceptors (Lipinski definition) is 12. The summed E-state index contributed by atoms with van der Waals surface area (Å²) in [7, 11) is 0. The number of benzene rings is 3. The zero-order chi connectivity index (χ0) is 35.6. The van der Waals surface area contributed by atoms with Crippen molar-refractivity contribution in [2.75, 3.05) is 39.6 Å². The van der Waals surface area contributed by atoms with Gasteiger partial charge in [0.2, 0.25) is 0 Å². The monoisotopic (exact) mass is 676 g/mol. The lowest BCUT2D eigenvalue weighted by molar-refractivity contribution is -0.142. The first-order valence-electron chi connectivity index (χ1n) is 15.2. The van der Waals surface area contributed by atoms with Crippen LogP contribution >= 0.6 is 0 Å². The lowest BCUT2D eigenvalue weighted by Gasteiger charge is -2.21. The Morgan fingerprint density at radius 1 is 0.469 bits per heavy atom. The summed E-state index contributed by atoms with van der Waals surface area (Å²) in [6.07, 6.45) is -0.0370. The van der Waals surface area contributed by atoms with Crippen molar-refractivity contribution >= 4 is 17.9 Å². The van der Waals surface area contributed by atoms with Crippen molar-refractivity contribution in [2.45, 2.75) is 24.2 Å². The molecule has 0 amide bonds. The fourth-order valence-electron chi connectivity index (χ4n) is 4.28. The molecule has 3 aromatic rings. The van der Waals surface area contributed by atoms with Crippen LogP contribution in [0.2, 0.25) is 0 Å². The van der Waals surface area contributed by atoms with E-state index in [2.05, 4.69) is 19.7 Å². The Labute approximate surface area is 284 Å². The molecule has 3 N–H and O–H groups in total. The van der Waals surface area contributed by atoms with Gasteiger partial charge >= 0.3 is 17.9 Å². The number of carbonyl (C=O) groups excluding carboxylic acids is 3. The van der Waals surface area contributed by atoms with Crippen molar-refractivity contribution in [3.63, 3.8) is 0 Å². The lowest BCUT2D eigenvalue weighted by atomic mass is 9.85. The van der Waals surface area contributed by atoms with Crippen molar-refractivity contribution in [1.82, 2.24) is 0 Å². The molecule has 12 heteroatoms. The Morgan fingerprint density at radius 2 is 0.714 bits per heavy atom. The van der Waals surface area contributed by atoms with Crippen molar-refractivity contribution in [1.29, 1.82) is 0 Å². The van der Waals surface area contributed by atoms with Gasteiger partial charge in [0.15, 0.2) is 0 Å². The highest BCUT2D eigenvalue weighted by atomic mass is 16.6. The predicted molar refractivity (Wildman–Crippen MR) is 178 cm³/mol. The fraction of sp³-hybridized carbons (Fsp3) is 0.270. The van der Waals surface area contributed by atoms with E-state index in [-0.39, 0.29) is 45.6 Å². The average molecular weight is 677 g/mol. The van der Waals surface area contributed by atoms with Gasteiger partial charge in [0.25, 0.3) is 0 Å². The number of hydrogen-bond donors (Lipinski definition) is 3. The Balaban J connectivity index is 1.74. The van der Waals surface area contributed by atoms with E-state index in [0.29, 0.717) is 17.2 Å². The van der Waals surface area contributed by atoms with Crippen LogP contribution in [0.1, 0.15) is 22.6 Å². The number of esters is 3. The van der Waals surface area contributed by atoms with Gasteiger partial charge in [-0.3, -0.25) is 0 Å². The third-order valence-corrected chi connectivity index (χ3v) is 6.72. The fourth-order valence-corrected chi connectivity index (χ4v) is 4.28. The Bertz CT molecular complexity index is 1330. The van der Waals surface area contributed by atoms with E-state index in [1.165, 1.54) is 0 Å². The normalized spacial score (nSPS) is 13.0. The first kappa shape index (κ1) is 38.0. The third-order valence-electron chi connectivity index (χ3n) is 6.72. The molecule has 0 saturated carbocycles. The van der Waals surface area contributed by atoms with Crippen LogP contribution in [-0.4, -0.2) is 91.2 Å². The summed E-state index contributed by atoms with van der Waals surface area (Å²) >= 11 is 0. The molecule has 0 heterocycles. The number of rotatable bonds is 21. The Kier molecular flexibility index (Phi) is 15.6. The van der Waals surface area contributed by atoms with E-state index >= 15 is 0 Å². The molecule has 0 aliphatic rings. The number of aliphatic hydroxyl groups is 3. The summed E-state index contributed by atoms with van der Waals surface area (Å²) in [6, 6.07) is 21.9. The molecule has 3 atom stereocenters. The zero-order valence-corrected chi connectivity index (χ0v) is 26.8. The molecule has 260 valence electrons. The van der Waals surface area contributed by atoms with Gasteiger partial charge in [-0.05, 0) is 53.1 Å². The molecule has 3 unspecified atom stereocenters. The molecule has 0 saturated heterocycles. The van der Waals surface area contributed by atoms with Crippen LogP contribution in [-0.2, 0) is 28.6 Å². The maximum atomic E-state index is 11.2. The van der Waals surface area contributed by atoms with Gasteiger partial charge in [-0.2, -0.15) is 0 Å². The molecule has 0 fully saturated rings. The maximum absolute atomic E-state index is 11.2. The summed E-state index contributed by atoms with van der Waals surface area (Å²) in [5.74, 6) is -0.671. The highest BCUT2D eigenvalue weighted by Gasteiger charge is 2.19. The second-order valence-electron chi connectivity index (χ2n) is 10.5. The molecular weight excluding hydrogens is 636 g/mol. The van der Waals surface area contributed by atoms with E-state index in [9.17, 15) is 29.7 Å². The molecule has 49 heavy (non-hydrogen) atoms. The van der Waals surface area contributed by atoms with E-state index in [4.69, 9.17) is 28.4 Å². The van der Waals surface area contributed by atoms with Crippen molar-refractivity contribution < 1.29 is 58.1 Å². The van der Waals surface area contributed by atoms with E-state index in [0.717, 1.165) is 34.9 Å². The summed E-state index contributed by atoms with van der Waals surface area (Å²) < 4.78 is 31.5. The van der Waals surface area contributed by atoms with Crippen LogP contribution in [0.4, 0.5) is 0 Å². The van der Waals surface area contributed by atoms with Gasteiger partial charge < -0.3 is 43.7 Å². The molecule has 0 radical (unpaired) electrons. The summed E-state index contributed by atoms with van der Waals surface area (Å²) in [5, 5.41) is 30.2. The van der Waals surface area contributed by atoms with Crippen LogP contribution in [0.25, 0.3) is 0 Å². The van der Waals surface area contributed by atoms with Gasteiger partial charge in [-0.15, -0.1) is 0 Å². The van der Waals surface area contributed by atoms with Crippen LogP contribution in [0.3, 0.4) is 0 Å². The van der Waals surface area contributed by atoms with Crippen molar-refractivity contribution in [3.05, 3.63) is 127 Å². The molecule has 12 nitrogen and oxygen atoms in total. The topological polar surface area (TPSA) is 167 Å². The number of carbonyl (C=O) groups is 3. The predicted octanol–water partition coefficient (Wildman–Crippen LogP) is 3.27. The second kappa shape index (κ2) is 20.1. The van der Waals surface area contributed by atoms with E-state index in [1.807, 2.05) is 36.4 Å². The maximum Gasteiger partial charge on any atom is 0.330 e. The molecule has 3 aromatic carbocycles. The first-order chi connectivity index (χ1) is 23.6. The smallest absolute Gasteiger partial charge is 0.330 e. The standard InChI is InChI=1S/C37H40O12/c1-4-34(41)47-22-28(38)19-44-31-13-7-25(8-14-31)37(26-9-15-32(16-10-26)45-20-29(39)23-48-35(42)5-2)27-11-17-33(18-12-27)46-21-30(40)24-49-36(43)6-3/h4-18,28-30,37-40H,1-3,19-24H2. The zero-order valence-electron chi connectivity index (χ0n) is 26.8. The Hall–Kier alpha value is -5.43. The molecular formula is C37H40O12. The SMILES string of the molecule is C=CC(=O)OCC(O)COc1ccc(C(c2ccc(OCC(O)COC(=O)C=C)cc2)c2ccc(OCC(O)COC(=O)C=C)cc2)cc1. The quantitative estimate of drug-likeness (QED) is 0.0653. The average Bonchev–Trinajstić information content (AvgIpc) is 3.13. The summed E-state index contributed by atoms with van der Waals surface area (Å²) in [6.45, 7) is 8.98. The highest BCUT2D eigenvalue weighted by molar-refractivity contribution is 5.81. The molecule has 0 aromatic heterocycles. The van der Waals surface area contributed by atoms with Gasteiger partial charge in [0, 0.05) is 24.1 Å². The molecule has 0 aliphatic carbocycles. The van der Waals surface area contributed by atoms with Crippen molar-refractivity contribution in [3.8, 4) is 17.2 Å². The summed E-state index contributed by atoms with van der Waals surface area (Å²) in [5.41, 5.74) is 2.73. The van der Waals surface area contributed by atoms with Gasteiger partial charge in [0.1, 0.15) is 75.2 Å². The number of ether oxygens (including phenoxy) is 6. The minimum atomic E-state index is -1.02. The van der Waals surface area contributed by atoms with Crippen LogP contribution in [0.15, 0.2) is 111 Å². The minimum absolute atomic E-state index is 0.0904. The summed E-state index contributed by atoms with van der Waals surface area (Å²) in [4.78, 5) is 33.7. The van der Waals surface area contributed by atoms with Crippen LogP contribution in [0, 0.1) is 0 Å². The van der Waals surface area contributed by atoms with Gasteiger partial charge in [-0.1, -0.05) is 56.1 Å². The van der Waals surface area contributed by atoms with Crippen molar-refractivity contribution in [2.24, 2.45) is 0 Å². The molecule has 0 aliphatic heterocycles. The van der Waals surface area contributed by atoms with Gasteiger partial charge in [0.05, 0.1) is 0 Å². The third kappa shape index (κ3) is 13.3. The van der Waals surface area contributed by atoms with Crippen LogP contribution < -0.4 is 14.2 Å². The van der Waals surface area contributed by atoms with E-state index in [1.54, 1.807) is 36.4 Å². The van der Waals surface area contributed by atoms with E-state index < -0.39 is 36.2 Å². The molecule has 3 rings (SSSR count). The minimum Gasteiger partial charge on any atom is -0.491 e.